The summed E-state index contributed by atoms with van der Waals surface area (Å²) >= 11 is 3.30. The lowest BCUT2D eigenvalue weighted by atomic mass is 10.2. The fourth-order valence-corrected chi connectivity index (χ4v) is 1.94. The van der Waals surface area contributed by atoms with Gasteiger partial charge >= 0.3 is 12.0 Å². The van der Waals surface area contributed by atoms with Crippen LogP contribution in [0.1, 0.15) is 19.8 Å². The van der Waals surface area contributed by atoms with Crippen molar-refractivity contribution in [1.29, 1.82) is 0 Å². The van der Waals surface area contributed by atoms with Crippen molar-refractivity contribution in [3.63, 3.8) is 0 Å². The fraction of sp³-hybridized carbons (Fsp3) is 0.385. The van der Waals surface area contributed by atoms with Gasteiger partial charge in [-0.3, -0.25) is 0 Å². The average molecular weight is 345 g/mol. The van der Waals surface area contributed by atoms with Crippen molar-refractivity contribution in [2.45, 2.75) is 25.8 Å². The van der Waals surface area contributed by atoms with Crippen LogP contribution in [0, 0.1) is 0 Å². The van der Waals surface area contributed by atoms with E-state index in [0.717, 1.165) is 0 Å². The van der Waals surface area contributed by atoms with Gasteiger partial charge in [0.2, 0.25) is 0 Å². The molecule has 0 saturated heterocycles. The van der Waals surface area contributed by atoms with Gasteiger partial charge in [0.05, 0.1) is 12.8 Å². The number of nitrogens with one attached hydrogen (secondary N) is 2. The summed E-state index contributed by atoms with van der Waals surface area (Å²) in [5, 5.41) is 14.0. The Labute approximate surface area is 125 Å². The Hall–Kier alpha value is -1.76. The molecule has 0 aliphatic carbocycles. The number of rotatable bonds is 6. The second-order valence-corrected chi connectivity index (χ2v) is 4.98. The van der Waals surface area contributed by atoms with Crippen LogP contribution in [0.4, 0.5) is 10.5 Å². The number of anilines is 1. The number of carboxylic acid groups (broad SMARTS) is 1. The number of hydrogen-bond acceptors (Lipinski definition) is 3. The van der Waals surface area contributed by atoms with Gasteiger partial charge in [-0.15, -0.1) is 0 Å². The van der Waals surface area contributed by atoms with Crippen molar-refractivity contribution in [2.75, 3.05) is 12.4 Å². The molecule has 1 rings (SSSR count). The maximum atomic E-state index is 11.8. The molecule has 6 nitrogen and oxygen atoms in total. The van der Waals surface area contributed by atoms with Gasteiger partial charge in [-0.25, -0.2) is 9.59 Å². The SMILES string of the molecule is CCC[C@@H](NC(=O)Nc1cc(OC)ccc1Br)C(=O)O. The summed E-state index contributed by atoms with van der Waals surface area (Å²) in [5.41, 5.74) is 0.502. The molecule has 20 heavy (non-hydrogen) atoms. The first kappa shape index (κ1) is 16.3. The van der Waals surface area contributed by atoms with Crippen LogP contribution >= 0.6 is 15.9 Å². The molecule has 0 saturated carbocycles. The minimum absolute atomic E-state index is 0.377. The van der Waals surface area contributed by atoms with Gasteiger partial charge in [0, 0.05) is 10.5 Å². The first-order valence-electron chi connectivity index (χ1n) is 6.11. The molecular weight excluding hydrogens is 328 g/mol. The smallest absolute Gasteiger partial charge is 0.326 e. The number of carboxylic acids is 1. The van der Waals surface area contributed by atoms with Crippen molar-refractivity contribution in [2.24, 2.45) is 0 Å². The van der Waals surface area contributed by atoms with Gasteiger partial charge in [-0.05, 0) is 34.5 Å². The molecule has 1 atom stereocenters. The number of methoxy groups -OCH3 is 1. The zero-order valence-corrected chi connectivity index (χ0v) is 12.9. The van der Waals surface area contributed by atoms with E-state index in [1.807, 2.05) is 6.92 Å². The Morgan fingerprint density at radius 1 is 1.45 bits per heavy atom. The first-order valence-corrected chi connectivity index (χ1v) is 6.91. The van der Waals surface area contributed by atoms with E-state index in [2.05, 4.69) is 26.6 Å². The van der Waals surface area contributed by atoms with E-state index >= 15 is 0 Å². The number of amides is 2. The van der Waals surface area contributed by atoms with Gasteiger partial charge in [-0.2, -0.15) is 0 Å². The fourth-order valence-electron chi connectivity index (χ4n) is 1.59. The van der Waals surface area contributed by atoms with Crippen LogP contribution in [-0.2, 0) is 4.79 Å². The third-order valence-electron chi connectivity index (χ3n) is 2.60. The molecule has 0 bridgehead atoms. The summed E-state index contributed by atoms with van der Waals surface area (Å²) in [6.45, 7) is 1.86. The highest BCUT2D eigenvalue weighted by molar-refractivity contribution is 9.10. The molecule has 0 radical (unpaired) electrons. The van der Waals surface area contributed by atoms with E-state index in [-0.39, 0.29) is 0 Å². The number of carbonyl (C=O) groups is 2. The number of aliphatic carboxylic acids is 1. The first-order chi connectivity index (χ1) is 9.47. The third-order valence-corrected chi connectivity index (χ3v) is 3.29. The number of halogens is 1. The van der Waals surface area contributed by atoms with Gasteiger partial charge in [0.15, 0.2) is 0 Å². The van der Waals surface area contributed by atoms with Crippen LogP contribution in [-0.4, -0.2) is 30.3 Å². The van der Waals surface area contributed by atoms with E-state index in [1.54, 1.807) is 18.2 Å². The van der Waals surface area contributed by atoms with Crippen LogP contribution in [0.5, 0.6) is 5.75 Å². The van der Waals surface area contributed by atoms with E-state index in [4.69, 9.17) is 9.84 Å². The van der Waals surface area contributed by atoms with Gasteiger partial charge in [-0.1, -0.05) is 13.3 Å². The predicted octanol–water partition coefficient (Wildman–Crippen LogP) is 2.83. The molecule has 7 heteroatoms. The molecule has 2 amide bonds. The molecule has 110 valence electrons. The van der Waals surface area contributed by atoms with E-state index in [9.17, 15) is 9.59 Å². The Bertz CT molecular complexity index is 493. The predicted molar refractivity (Wildman–Crippen MR) is 79.2 cm³/mol. The topological polar surface area (TPSA) is 87.7 Å². The quantitative estimate of drug-likeness (QED) is 0.740. The van der Waals surface area contributed by atoms with Crippen LogP contribution < -0.4 is 15.4 Å². The van der Waals surface area contributed by atoms with Crippen LogP contribution in [0.25, 0.3) is 0 Å². The number of ether oxygens (including phenoxy) is 1. The van der Waals surface area contributed by atoms with E-state index < -0.39 is 18.0 Å². The Morgan fingerprint density at radius 2 is 2.15 bits per heavy atom. The van der Waals surface area contributed by atoms with Crippen molar-refractivity contribution < 1.29 is 19.4 Å². The summed E-state index contributed by atoms with van der Waals surface area (Å²) < 4.78 is 5.74. The maximum absolute atomic E-state index is 11.8. The normalized spacial score (nSPS) is 11.6. The zero-order valence-electron chi connectivity index (χ0n) is 11.3. The molecule has 1 aromatic carbocycles. The Morgan fingerprint density at radius 3 is 2.70 bits per heavy atom. The standard InChI is InChI=1S/C13H17BrN2O4/c1-3-4-10(12(17)18)15-13(19)16-11-7-8(20-2)5-6-9(11)14/h5-7,10H,3-4H2,1-2H3,(H,17,18)(H2,15,16,19)/t10-/m1/s1. The summed E-state index contributed by atoms with van der Waals surface area (Å²) in [6.07, 6.45) is 1.04. The van der Waals surface area contributed by atoms with Gasteiger partial charge in [0.1, 0.15) is 11.8 Å². The van der Waals surface area contributed by atoms with Crippen molar-refractivity contribution >= 4 is 33.6 Å². The summed E-state index contributed by atoms with van der Waals surface area (Å²) in [4.78, 5) is 22.8. The molecule has 0 spiro atoms. The molecule has 0 aliphatic rings. The lowest BCUT2D eigenvalue weighted by molar-refractivity contribution is -0.139. The summed E-state index contributed by atoms with van der Waals surface area (Å²) in [6, 6.07) is 3.64. The maximum Gasteiger partial charge on any atom is 0.326 e. The summed E-state index contributed by atoms with van der Waals surface area (Å²) in [7, 11) is 1.52. The highest BCUT2D eigenvalue weighted by Crippen LogP contribution is 2.26. The molecule has 1 aromatic rings. The molecular formula is C13H17BrN2O4. The molecule has 3 N–H and O–H groups in total. The lowest BCUT2D eigenvalue weighted by Gasteiger charge is -2.15. The van der Waals surface area contributed by atoms with Crippen molar-refractivity contribution in [3.8, 4) is 5.75 Å². The lowest BCUT2D eigenvalue weighted by Crippen LogP contribution is -2.42. The minimum atomic E-state index is -1.05. The number of benzene rings is 1. The van der Waals surface area contributed by atoms with Crippen molar-refractivity contribution in [3.05, 3.63) is 22.7 Å². The van der Waals surface area contributed by atoms with Crippen LogP contribution in [0.2, 0.25) is 0 Å². The highest BCUT2D eigenvalue weighted by Gasteiger charge is 2.19. The molecule has 0 fully saturated rings. The summed E-state index contributed by atoms with van der Waals surface area (Å²) in [5.74, 6) is -0.460. The second-order valence-electron chi connectivity index (χ2n) is 4.12. The second kappa shape index (κ2) is 7.74. The monoisotopic (exact) mass is 344 g/mol. The zero-order chi connectivity index (χ0) is 15.1. The minimum Gasteiger partial charge on any atom is -0.497 e. The van der Waals surface area contributed by atoms with Crippen LogP contribution in [0.3, 0.4) is 0 Å². The Kier molecular flexibility index (Phi) is 6.30. The van der Waals surface area contributed by atoms with Gasteiger partial charge < -0.3 is 20.5 Å². The average Bonchev–Trinajstić information content (AvgIpc) is 2.40. The highest BCUT2D eigenvalue weighted by atomic mass is 79.9. The van der Waals surface area contributed by atoms with E-state index in [1.165, 1.54) is 7.11 Å². The number of carbonyl (C=O) groups excluding carboxylic acids is 1. The van der Waals surface area contributed by atoms with Gasteiger partial charge in [0.25, 0.3) is 0 Å². The largest absolute Gasteiger partial charge is 0.497 e. The van der Waals surface area contributed by atoms with Crippen molar-refractivity contribution in [1.82, 2.24) is 5.32 Å². The molecule has 0 aromatic heterocycles. The van der Waals surface area contributed by atoms with Crippen LogP contribution in [0.15, 0.2) is 22.7 Å². The molecule has 0 unspecified atom stereocenters. The Balaban J connectivity index is 2.72. The molecule has 0 aliphatic heterocycles. The number of urea groups is 1. The number of hydrogen-bond donors (Lipinski definition) is 3. The molecule has 0 heterocycles. The van der Waals surface area contributed by atoms with E-state index in [0.29, 0.717) is 28.8 Å². The third kappa shape index (κ3) is 4.73.